The van der Waals surface area contributed by atoms with E-state index in [9.17, 15) is 0 Å². The molecular formula is C19H34N6. The Balaban J connectivity index is 0.000000182. The number of aromatic nitrogens is 3. The van der Waals surface area contributed by atoms with Crippen LogP contribution in [-0.2, 0) is 0 Å². The predicted molar refractivity (Wildman–Crippen MR) is 104 cm³/mol. The van der Waals surface area contributed by atoms with E-state index >= 15 is 0 Å². The van der Waals surface area contributed by atoms with Gasteiger partial charge in [-0.25, -0.2) is 0 Å². The van der Waals surface area contributed by atoms with Gasteiger partial charge in [-0.05, 0) is 71.4 Å². The van der Waals surface area contributed by atoms with Crippen molar-refractivity contribution in [3.05, 3.63) is 22.8 Å². The molecule has 1 aromatic rings. The molecular weight excluding hydrogens is 312 g/mol. The van der Waals surface area contributed by atoms with Gasteiger partial charge in [0.25, 0.3) is 0 Å². The molecule has 0 atom stereocenters. The van der Waals surface area contributed by atoms with Crippen molar-refractivity contribution in [3.8, 4) is 0 Å². The third-order valence-electron chi connectivity index (χ3n) is 5.31. The average molecular weight is 347 g/mol. The van der Waals surface area contributed by atoms with Gasteiger partial charge in [0.2, 0.25) is 0 Å². The van der Waals surface area contributed by atoms with Crippen LogP contribution in [0.15, 0.2) is 16.1 Å². The van der Waals surface area contributed by atoms with E-state index in [0.717, 1.165) is 24.7 Å². The molecule has 0 amide bonds. The number of aryl methyl sites for hydroxylation is 2. The summed E-state index contributed by atoms with van der Waals surface area (Å²) in [5, 5.41) is 8.22. The molecule has 0 radical (unpaired) electrons. The predicted octanol–water partition coefficient (Wildman–Crippen LogP) is 2.50. The van der Waals surface area contributed by atoms with E-state index in [0.29, 0.717) is 6.04 Å². The standard InChI is InChI=1S/C10H18N4.C8H12N2.CH4/c1-8-11-12-9(2)14(8)10-4-6-13(3)7-5-10;1-10-3-2-7-4-9-5-8(7)6-10;/h10H,4-7H2,1-3H3;5H,2-4,6H2,1H3;1H4. The SMILES string of the molecule is C.CN1CCC2=C(C=NC2)C1.Cc1nnc(C)n1C1CCN(C)CC1. The van der Waals surface area contributed by atoms with Crippen LogP contribution < -0.4 is 0 Å². The normalized spacial score (nSPS) is 21.6. The van der Waals surface area contributed by atoms with Gasteiger partial charge in [0.1, 0.15) is 11.6 Å². The van der Waals surface area contributed by atoms with E-state index in [1.165, 1.54) is 44.5 Å². The van der Waals surface area contributed by atoms with Gasteiger partial charge in [-0.1, -0.05) is 7.43 Å². The molecule has 1 aromatic heterocycles. The molecule has 0 saturated carbocycles. The lowest BCUT2D eigenvalue weighted by Crippen LogP contribution is -2.32. The Labute approximate surface area is 152 Å². The van der Waals surface area contributed by atoms with Crippen LogP contribution in [0.3, 0.4) is 0 Å². The lowest BCUT2D eigenvalue weighted by molar-refractivity contribution is 0.218. The van der Waals surface area contributed by atoms with Gasteiger partial charge in [0.05, 0.1) is 6.54 Å². The van der Waals surface area contributed by atoms with Gasteiger partial charge >= 0.3 is 0 Å². The maximum atomic E-state index is 4.24. The highest BCUT2D eigenvalue weighted by atomic mass is 15.3. The third kappa shape index (κ3) is 4.76. The topological polar surface area (TPSA) is 49.6 Å². The minimum atomic E-state index is 0. The quantitative estimate of drug-likeness (QED) is 0.784. The van der Waals surface area contributed by atoms with Gasteiger partial charge in [0, 0.05) is 25.3 Å². The van der Waals surface area contributed by atoms with E-state index in [-0.39, 0.29) is 7.43 Å². The number of hydrogen-bond acceptors (Lipinski definition) is 5. The zero-order valence-corrected chi connectivity index (χ0v) is 15.5. The molecule has 0 bridgehead atoms. The number of likely N-dealkylation sites (tertiary alicyclic amines) is 1. The van der Waals surface area contributed by atoms with E-state index in [4.69, 9.17) is 0 Å². The van der Waals surface area contributed by atoms with Gasteiger partial charge < -0.3 is 14.4 Å². The van der Waals surface area contributed by atoms with Gasteiger partial charge in [-0.15, -0.1) is 10.2 Å². The summed E-state index contributed by atoms with van der Waals surface area (Å²) in [6.07, 6.45) is 5.70. The molecule has 0 N–H and O–H groups in total. The van der Waals surface area contributed by atoms with Crippen molar-refractivity contribution in [2.45, 2.75) is 46.6 Å². The minimum Gasteiger partial charge on any atom is -0.312 e. The van der Waals surface area contributed by atoms with Crippen molar-refractivity contribution in [1.82, 2.24) is 24.6 Å². The zero-order valence-electron chi connectivity index (χ0n) is 15.5. The number of hydrogen-bond donors (Lipinski definition) is 0. The molecule has 0 aliphatic carbocycles. The highest BCUT2D eigenvalue weighted by molar-refractivity contribution is 5.83. The molecule has 3 aliphatic rings. The van der Waals surface area contributed by atoms with E-state index in [2.05, 4.69) is 43.7 Å². The van der Waals surface area contributed by atoms with Crippen LogP contribution in [0.25, 0.3) is 0 Å². The molecule has 1 fully saturated rings. The van der Waals surface area contributed by atoms with Crippen LogP contribution in [0.4, 0.5) is 0 Å². The Hall–Kier alpha value is -1.53. The summed E-state index contributed by atoms with van der Waals surface area (Å²) >= 11 is 0. The first-order valence-corrected chi connectivity index (χ1v) is 9.00. The van der Waals surface area contributed by atoms with Crippen LogP contribution in [0.2, 0.25) is 0 Å². The first-order valence-electron chi connectivity index (χ1n) is 9.00. The largest absolute Gasteiger partial charge is 0.312 e. The number of aliphatic imine (C=N–C) groups is 1. The van der Waals surface area contributed by atoms with Crippen molar-refractivity contribution in [2.75, 3.05) is 46.8 Å². The fraction of sp³-hybridized carbons (Fsp3) is 0.737. The fourth-order valence-corrected chi connectivity index (χ4v) is 3.80. The Morgan fingerprint density at radius 3 is 2.24 bits per heavy atom. The molecule has 3 aliphatic heterocycles. The van der Waals surface area contributed by atoms with Crippen molar-refractivity contribution in [2.24, 2.45) is 4.99 Å². The average Bonchev–Trinajstić information content (AvgIpc) is 3.15. The van der Waals surface area contributed by atoms with E-state index < -0.39 is 0 Å². The molecule has 4 heterocycles. The summed E-state index contributed by atoms with van der Waals surface area (Å²) in [5.74, 6) is 2.11. The van der Waals surface area contributed by atoms with Crippen molar-refractivity contribution < 1.29 is 0 Å². The Morgan fingerprint density at radius 1 is 0.960 bits per heavy atom. The first kappa shape index (κ1) is 19.8. The molecule has 0 aromatic carbocycles. The number of nitrogens with zero attached hydrogens (tertiary/aromatic N) is 6. The molecule has 0 unspecified atom stereocenters. The Kier molecular flexibility index (Phi) is 6.90. The van der Waals surface area contributed by atoms with E-state index in [1.54, 1.807) is 5.57 Å². The van der Waals surface area contributed by atoms with Crippen LogP contribution in [0.1, 0.15) is 44.4 Å². The highest BCUT2D eigenvalue weighted by Gasteiger charge is 2.21. The van der Waals surface area contributed by atoms with Crippen LogP contribution in [0.5, 0.6) is 0 Å². The number of likely N-dealkylation sites (N-methyl/N-ethyl adjacent to an activating group) is 1. The van der Waals surface area contributed by atoms with Gasteiger partial charge in [-0.3, -0.25) is 4.99 Å². The molecule has 4 rings (SSSR count). The first-order chi connectivity index (χ1) is 11.5. The maximum absolute atomic E-state index is 4.24. The molecule has 1 saturated heterocycles. The smallest absolute Gasteiger partial charge is 0.130 e. The monoisotopic (exact) mass is 346 g/mol. The molecule has 25 heavy (non-hydrogen) atoms. The summed E-state index contributed by atoms with van der Waals surface area (Å²) in [5.41, 5.74) is 3.03. The Morgan fingerprint density at radius 2 is 1.60 bits per heavy atom. The van der Waals surface area contributed by atoms with Crippen molar-refractivity contribution in [3.63, 3.8) is 0 Å². The highest BCUT2D eigenvalue weighted by Crippen LogP contribution is 2.23. The number of rotatable bonds is 1. The van der Waals surface area contributed by atoms with E-state index in [1.807, 2.05) is 20.1 Å². The summed E-state index contributed by atoms with van der Waals surface area (Å²) in [4.78, 5) is 8.96. The lowest BCUT2D eigenvalue weighted by Gasteiger charge is -2.30. The number of piperidine rings is 1. The molecule has 0 spiro atoms. The maximum Gasteiger partial charge on any atom is 0.130 e. The molecule has 140 valence electrons. The van der Waals surface area contributed by atoms with Gasteiger partial charge in [0.15, 0.2) is 0 Å². The van der Waals surface area contributed by atoms with Crippen LogP contribution >= 0.6 is 0 Å². The van der Waals surface area contributed by atoms with Gasteiger partial charge in [-0.2, -0.15) is 0 Å². The van der Waals surface area contributed by atoms with Crippen LogP contribution in [0, 0.1) is 13.8 Å². The zero-order chi connectivity index (χ0) is 17.1. The Bertz CT molecular complexity index is 602. The summed E-state index contributed by atoms with van der Waals surface area (Å²) in [7, 11) is 4.35. The fourth-order valence-electron chi connectivity index (χ4n) is 3.80. The second kappa shape index (κ2) is 8.72. The summed E-state index contributed by atoms with van der Waals surface area (Å²) < 4.78 is 2.28. The van der Waals surface area contributed by atoms with Crippen LogP contribution in [-0.4, -0.2) is 77.6 Å². The second-order valence-corrected chi connectivity index (χ2v) is 7.29. The lowest BCUT2D eigenvalue weighted by atomic mass is 10.0. The summed E-state index contributed by atoms with van der Waals surface area (Å²) in [6, 6.07) is 0.612. The van der Waals surface area contributed by atoms with Crippen molar-refractivity contribution >= 4 is 6.21 Å². The van der Waals surface area contributed by atoms with Crippen molar-refractivity contribution in [1.29, 1.82) is 0 Å². The molecule has 6 heteroatoms. The molecule has 6 nitrogen and oxygen atoms in total. The minimum absolute atomic E-state index is 0. The second-order valence-electron chi connectivity index (χ2n) is 7.29. The summed E-state index contributed by atoms with van der Waals surface area (Å²) in [6.45, 7) is 9.74. The third-order valence-corrected chi connectivity index (χ3v) is 5.31.